The van der Waals surface area contributed by atoms with Crippen molar-refractivity contribution in [3.05, 3.63) is 0 Å². The van der Waals surface area contributed by atoms with Crippen molar-refractivity contribution in [1.82, 2.24) is 15.1 Å². The summed E-state index contributed by atoms with van der Waals surface area (Å²) in [4.78, 5) is 3.81. The number of halogens is 3. The third kappa shape index (κ3) is 7.47. The summed E-state index contributed by atoms with van der Waals surface area (Å²) in [5.41, 5.74) is 0.0966. The highest BCUT2D eigenvalue weighted by Crippen LogP contribution is 2.19. The summed E-state index contributed by atoms with van der Waals surface area (Å²) in [7, 11) is 0. The maximum Gasteiger partial charge on any atom is 0.401 e. The van der Waals surface area contributed by atoms with E-state index >= 15 is 0 Å². The first-order valence-corrected chi connectivity index (χ1v) is 7.76. The summed E-state index contributed by atoms with van der Waals surface area (Å²) in [6.45, 7) is 13.4. The normalized spacial score (nSPS) is 22.3. The van der Waals surface area contributed by atoms with E-state index in [1.54, 1.807) is 0 Å². The summed E-state index contributed by atoms with van der Waals surface area (Å²) in [6.07, 6.45) is -4.09. The van der Waals surface area contributed by atoms with Gasteiger partial charge < -0.3 is 5.32 Å². The molecule has 2 atom stereocenters. The molecule has 1 heterocycles. The lowest BCUT2D eigenvalue weighted by molar-refractivity contribution is -0.150. The number of nitrogens with zero attached hydrogens (tertiary/aromatic N) is 2. The molecule has 1 aliphatic rings. The molecule has 0 spiro atoms. The lowest BCUT2D eigenvalue weighted by atomic mass is 9.99. The van der Waals surface area contributed by atoms with E-state index in [-0.39, 0.29) is 5.54 Å². The molecule has 3 nitrogen and oxygen atoms in total. The van der Waals surface area contributed by atoms with Gasteiger partial charge in [0, 0.05) is 37.8 Å². The van der Waals surface area contributed by atoms with Crippen LogP contribution in [0.25, 0.3) is 0 Å². The van der Waals surface area contributed by atoms with Gasteiger partial charge in [0.1, 0.15) is 0 Å². The zero-order valence-electron chi connectivity index (χ0n) is 13.9. The smallest absolute Gasteiger partial charge is 0.312 e. The minimum atomic E-state index is -4.09. The molecule has 1 fully saturated rings. The molecule has 2 unspecified atom stereocenters. The molecule has 1 rings (SSSR count). The van der Waals surface area contributed by atoms with E-state index in [1.165, 1.54) is 4.90 Å². The van der Waals surface area contributed by atoms with Gasteiger partial charge in [0.15, 0.2) is 0 Å². The number of rotatable bonds is 5. The summed E-state index contributed by atoms with van der Waals surface area (Å²) in [5, 5.41) is 3.50. The van der Waals surface area contributed by atoms with Gasteiger partial charge in [-0.15, -0.1) is 0 Å². The summed E-state index contributed by atoms with van der Waals surface area (Å²) >= 11 is 0. The molecule has 1 aliphatic heterocycles. The Morgan fingerprint density at radius 1 is 1.00 bits per heavy atom. The van der Waals surface area contributed by atoms with Crippen LogP contribution in [-0.4, -0.2) is 66.8 Å². The van der Waals surface area contributed by atoms with Crippen molar-refractivity contribution in [2.75, 3.05) is 39.3 Å². The van der Waals surface area contributed by atoms with E-state index in [4.69, 9.17) is 0 Å². The van der Waals surface area contributed by atoms with E-state index < -0.39 is 12.7 Å². The molecule has 0 aromatic rings. The zero-order valence-corrected chi connectivity index (χ0v) is 13.9. The maximum absolute atomic E-state index is 12.4. The summed E-state index contributed by atoms with van der Waals surface area (Å²) < 4.78 is 37.1. The molecular formula is C15H30F3N3. The molecule has 126 valence electrons. The van der Waals surface area contributed by atoms with E-state index in [9.17, 15) is 13.2 Å². The third-order valence-electron chi connectivity index (χ3n) is 4.16. The van der Waals surface area contributed by atoms with Crippen LogP contribution in [0.15, 0.2) is 0 Å². The molecule has 21 heavy (non-hydrogen) atoms. The Morgan fingerprint density at radius 2 is 1.52 bits per heavy atom. The van der Waals surface area contributed by atoms with Gasteiger partial charge in [-0.2, -0.15) is 13.2 Å². The Kier molecular flexibility index (Phi) is 6.50. The molecular weight excluding hydrogens is 279 g/mol. The molecule has 0 aromatic carbocycles. The molecule has 0 bridgehead atoms. The highest BCUT2D eigenvalue weighted by molar-refractivity contribution is 4.82. The molecule has 0 amide bonds. The van der Waals surface area contributed by atoms with Crippen molar-refractivity contribution in [3.63, 3.8) is 0 Å². The fraction of sp³-hybridized carbons (Fsp3) is 1.00. The van der Waals surface area contributed by atoms with Crippen LogP contribution in [0.2, 0.25) is 0 Å². The average Bonchev–Trinajstić information content (AvgIpc) is 2.33. The lowest BCUT2D eigenvalue weighted by Crippen LogP contribution is -2.54. The molecule has 1 saturated heterocycles. The van der Waals surface area contributed by atoms with Crippen molar-refractivity contribution in [2.24, 2.45) is 5.92 Å². The van der Waals surface area contributed by atoms with Crippen LogP contribution < -0.4 is 5.32 Å². The van der Waals surface area contributed by atoms with Crippen LogP contribution in [0.3, 0.4) is 0 Å². The highest BCUT2D eigenvalue weighted by Gasteiger charge is 2.33. The van der Waals surface area contributed by atoms with Crippen LogP contribution in [0.1, 0.15) is 34.6 Å². The van der Waals surface area contributed by atoms with E-state index in [1.807, 2.05) is 0 Å². The standard InChI is InChI=1S/C15H30F3N3/c1-12(10-19-14(3,4)5)13(2)21-8-6-20(7-9-21)11-15(16,17)18/h12-13,19H,6-11H2,1-5H3. The van der Waals surface area contributed by atoms with Gasteiger partial charge >= 0.3 is 6.18 Å². The van der Waals surface area contributed by atoms with Crippen molar-refractivity contribution in [2.45, 2.75) is 52.4 Å². The Bertz CT molecular complexity index is 304. The summed E-state index contributed by atoms with van der Waals surface area (Å²) in [6, 6.07) is 0.382. The van der Waals surface area contributed by atoms with Crippen molar-refractivity contribution in [1.29, 1.82) is 0 Å². The van der Waals surface area contributed by atoms with Crippen LogP contribution in [0, 0.1) is 5.92 Å². The topological polar surface area (TPSA) is 18.5 Å². The molecule has 0 saturated carbocycles. The Labute approximate surface area is 126 Å². The van der Waals surface area contributed by atoms with Gasteiger partial charge in [-0.25, -0.2) is 0 Å². The third-order valence-corrected chi connectivity index (χ3v) is 4.16. The predicted molar refractivity (Wildman–Crippen MR) is 80.4 cm³/mol. The predicted octanol–water partition coefficient (Wildman–Crippen LogP) is 2.58. The minimum absolute atomic E-state index is 0.0966. The van der Waals surface area contributed by atoms with Crippen LogP contribution in [0.4, 0.5) is 13.2 Å². The number of alkyl halides is 3. The number of nitrogens with one attached hydrogen (secondary N) is 1. The lowest BCUT2D eigenvalue weighted by Gasteiger charge is -2.40. The quantitative estimate of drug-likeness (QED) is 0.842. The minimum Gasteiger partial charge on any atom is -0.312 e. The Morgan fingerprint density at radius 3 is 1.95 bits per heavy atom. The fourth-order valence-corrected chi connectivity index (χ4v) is 2.58. The second-order valence-corrected chi connectivity index (χ2v) is 7.28. The molecule has 6 heteroatoms. The zero-order chi connectivity index (χ0) is 16.3. The Balaban J connectivity index is 2.36. The Hall–Kier alpha value is -0.330. The molecule has 1 N–H and O–H groups in total. The van der Waals surface area contributed by atoms with Crippen LogP contribution in [0.5, 0.6) is 0 Å². The largest absolute Gasteiger partial charge is 0.401 e. The fourth-order valence-electron chi connectivity index (χ4n) is 2.58. The average molecular weight is 309 g/mol. The van der Waals surface area contributed by atoms with Crippen molar-refractivity contribution < 1.29 is 13.2 Å². The second-order valence-electron chi connectivity index (χ2n) is 7.28. The van der Waals surface area contributed by atoms with Gasteiger partial charge in [-0.3, -0.25) is 9.80 Å². The first-order chi connectivity index (χ1) is 9.48. The van der Waals surface area contributed by atoms with E-state index in [0.717, 1.165) is 19.6 Å². The van der Waals surface area contributed by atoms with E-state index in [0.29, 0.717) is 25.0 Å². The van der Waals surface area contributed by atoms with Crippen LogP contribution >= 0.6 is 0 Å². The number of hydrogen-bond donors (Lipinski definition) is 1. The summed E-state index contributed by atoms with van der Waals surface area (Å²) in [5.74, 6) is 0.471. The maximum atomic E-state index is 12.4. The highest BCUT2D eigenvalue weighted by atomic mass is 19.4. The second kappa shape index (κ2) is 7.29. The molecule has 0 radical (unpaired) electrons. The van der Waals surface area contributed by atoms with E-state index in [2.05, 4.69) is 44.8 Å². The SMILES string of the molecule is CC(CNC(C)(C)C)C(C)N1CCN(CC(F)(F)F)CC1. The first-order valence-electron chi connectivity index (χ1n) is 7.76. The number of hydrogen-bond acceptors (Lipinski definition) is 3. The van der Waals surface area contributed by atoms with Gasteiger partial charge in [0.05, 0.1) is 6.54 Å². The number of piperazine rings is 1. The monoisotopic (exact) mass is 309 g/mol. The van der Waals surface area contributed by atoms with Gasteiger partial charge in [-0.1, -0.05) is 6.92 Å². The van der Waals surface area contributed by atoms with Gasteiger partial charge in [0.25, 0.3) is 0 Å². The first kappa shape index (κ1) is 18.7. The van der Waals surface area contributed by atoms with Crippen molar-refractivity contribution >= 4 is 0 Å². The van der Waals surface area contributed by atoms with Gasteiger partial charge in [0.2, 0.25) is 0 Å². The molecule has 0 aliphatic carbocycles. The van der Waals surface area contributed by atoms with Gasteiger partial charge in [-0.05, 0) is 40.2 Å². The van der Waals surface area contributed by atoms with Crippen molar-refractivity contribution in [3.8, 4) is 0 Å². The molecule has 0 aromatic heterocycles. The van der Waals surface area contributed by atoms with Crippen LogP contribution in [-0.2, 0) is 0 Å².